The van der Waals surface area contributed by atoms with Crippen LogP contribution in [0.4, 0.5) is 0 Å². The maximum Gasteiger partial charge on any atom is 0.0951 e. The molecular formula is C15H20BrN3. The summed E-state index contributed by atoms with van der Waals surface area (Å²) in [5.41, 5.74) is 2.50. The van der Waals surface area contributed by atoms with Gasteiger partial charge in [0.25, 0.3) is 0 Å². The van der Waals surface area contributed by atoms with Crippen LogP contribution in [0.3, 0.4) is 0 Å². The van der Waals surface area contributed by atoms with Crippen molar-refractivity contribution < 1.29 is 0 Å². The molecule has 1 aromatic carbocycles. The molecule has 0 aliphatic rings. The number of hydrogen-bond acceptors (Lipinski definition) is 2. The van der Waals surface area contributed by atoms with E-state index in [2.05, 4.69) is 69.8 Å². The highest BCUT2D eigenvalue weighted by molar-refractivity contribution is 9.10. The molecule has 0 amide bonds. The van der Waals surface area contributed by atoms with Crippen LogP contribution in [0.1, 0.15) is 44.1 Å². The first kappa shape index (κ1) is 14.3. The van der Waals surface area contributed by atoms with E-state index in [-0.39, 0.29) is 0 Å². The average molecular weight is 322 g/mol. The lowest BCUT2D eigenvalue weighted by atomic mass is 10.1. The molecule has 1 aromatic heterocycles. The molecule has 102 valence electrons. The lowest BCUT2D eigenvalue weighted by Crippen LogP contribution is -2.20. The van der Waals surface area contributed by atoms with Crippen molar-refractivity contribution >= 4 is 15.9 Å². The standard InChI is InChI=1S/C15H20BrN3/c1-11(2)19-10-17-8-15(19)9-18-12(3)13-5-4-6-14(16)7-13/h4-8,10-12,18H,9H2,1-3H3/t12-/m0/s1. The van der Waals surface area contributed by atoms with Crippen LogP contribution in [0.25, 0.3) is 0 Å². The molecule has 0 radical (unpaired) electrons. The first-order chi connectivity index (χ1) is 9.08. The number of rotatable bonds is 5. The minimum Gasteiger partial charge on any atom is -0.331 e. The summed E-state index contributed by atoms with van der Waals surface area (Å²) in [4.78, 5) is 4.22. The van der Waals surface area contributed by atoms with Crippen LogP contribution >= 0.6 is 15.9 Å². The third kappa shape index (κ3) is 3.67. The van der Waals surface area contributed by atoms with Crippen LogP contribution in [0.2, 0.25) is 0 Å². The zero-order valence-corrected chi connectivity index (χ0v) is 13.2. The van der Waals surface area contributed by atoms with Gasteiger partial charge in [-0.3, -0.25) is 0 Å². The molecule has 1 N–H and O–H groups in total. The highest BCUT2D eigenvalue weighted by atomic mass is 79.9. The Kier molecular flexibility index (Phi) is 4.77. The molecule has 2 rings (SSSR count). The third-order valence-corrected chi connectivity index (χ3v) is 3.73. The number of hydrogen-bond donors (Lipinski definition) is 1. The summed E-state index contributed by atoms with van der Waals surface area (Å²) in [6.07, 6.45) is 3.83. The predicted molar refractivity (Wildman–Crippen MR) is 82.0 cm³/mol. The summed E-state index contributed by atoms with van der Waals surface area (Å²) in [5, 5.41) is 3.54. The molecule has 1 heterocycles. The van der Waals surface area contributed by atoms with Crippen LogP contribution in [0.15, 0.2) is 41.3 Å². The van der Waals surface area contributed by atoms with Crippen molar-refractivity contribution in [3.63, 3.8) is 0 Å². The van der Waals surface area contributed by atoms with Gasteiger partial charge in [0.2, 0.25) is 0 Å². The van der Waals surface area contributed by atoms with Gasteiger partial charge < -0.3 is 9.88 Å². The molecule has 0 aliphatic heterocycles. The van der Waals surface area contributed by atoms with Gasteiger partial charge in [-0.2, -0.15) is 0 Å². The molecule has 2 aromatic rings. The van der Waals surface area contributed by atoms with Crippen LogP contribution in [-0.4, -0.2) is 9.55 Å². The van der Waals surface area contributed by atoms with Crippen molar-refractivity contribution in [1.82, 2.24) is 14.9 Å². The van der Waals surface area contributed by atoms with E-state index in [1.54, 1.807) is 0 Å². The predicted octanol–water partition coefficient (Wildman–Crippen LogP) is 4.08. The van der Waals surface area contributed by atoms with E-state index in [4.69, 9.17) is 0 Å². The Hall–Kier alpha value is -1.13. The van der Waals surface area contributed by atoms with Gasteiger partial charge in [-0.15, -0.1) is 0 Å². The minimum absolute atomic E-state index is 0.313. The molecule has 4 heteroatoms. The topological polar surface area (TPSA) is 29.9 Å². The van der Waals surface area contributed by atoms with E-state index in [0.29, 0.717) is 12.1 Å². The fourth-order valence-corrected chi connectivity index (χ4v) is 2.50. The first-order valence-corrected chi connectivity index (χ1v) is 7.36. The van der Waals surface area contributed by atoms with Crippen LogP contribution in [-0.2, 0) is 6.54 Å². The lowest BCUT2D eigenvalue weighted by molar-refractivity contribution is 0.518. The van der Waals surface area contributed by atoms with Gasteiger partial charge in [-0.1, -0.05) is 28.1 Å². The fraction of sp³-hybridized carbons (Fsp3) is 0.400. The van der Waals surface area contributed by atoms with Crippen molar-refractivity contribution in [1.29, 1.82) is 0 Å². The molecule has 0 saturated heterocycles. The molecular weight excluding hydrogens is 302 g/mol. The Labute approximate surface area is 123 Å². The van der Waals surface area contributed by atoms with E-state index < -0.39 is 0 Å². The van der Waals surface area contributed by atoms with Gasteiger partial charge >= 0.3 is 0 Å². The number of nitrogens with one attached hydrogen (secondary N) is 1. The Morgan fingerprint density at radius 1 is 1.32 bits per heavy atom. The zero-order valence-electron chi connectivity index (χ0n) is 11.6. The number of benzene rings is 1. The summed E-state index contributed by atoms with van der Waals surface area (Å²) in [7, 11) is 0. The largest absolute Gasteiger partial charge is 0.331 e. The van der Waals surface area contributed by atoms with E-state index in [1.165, 1.54) is 11.3 Å². The Morgan fingerprint density at radius 2 is 2.11 bits per heavy atom. The molecule has 0 aliphatic carbocycles. The Morgan fingerprint density at radius 3 is 2.79 bits per heavy atom. The lowest BCUT2D eigenvalue weighted by Gasteiger charge is -2.17. The molecule has 0 fully saturated rings. The monoisotopic (exact) mass is 321 g/mol. The second kappa shape index (κ2) is 6.35. The number of halogens is 1. The smallest absolute Gasteiger partial charge is 0.0951 e. The molecule has 0 saturated carbocycles. The molecule has 0 bridgehead atoms. The van der Waals surface area contributed by atoms with Gasteiger partial charge in [0.05, 0.1) is 12.0 Å². The molecule has 3 nitrogen and oxygen atoms in total. The van der Waals surface area contributed by atoms with Crippen LogP contribution in [0, 0.1) is 0 Å². The Balaban J connectivity index is 2.00. The highest BCUT2D eigenvalue weighted by Crippen LogP contribution is 2.18. The quantitative estimate of drug-likeness (QED) is 0.899. The molecule has 0 spiro atoms. The average Bonchev–Trinajstić information content (AvgIpc) is 2.84. The Bertz CT molecular complexity index is 534. The minimum atomic E-state index is 0.313. The summed E-state index contributed by atoms with van der Waals surface area (Å²) in [6, 6.07) is 9.16. The van der Waals surface area contributed by atoms with Crippen molar-refractivity contribution in [2.45, 2.75) is 39.4 Å². The summed E-state index contributed by atoms with van der Waals surface area (Å²) in [5.74, 6) is 0. The van der Waals surface area contributed by atoms with Crippen molar-refractivity contribution in [2.75, 3.05) is 0 Å². The zero-order chi connectivity index (χ0) is 13.8. The van der Waals surface area contributed by atoms with E-state index >= 15 is 0 Å². The van der Waals surface area contributed by atoms with Crippen molar-refractivity contribution in [3.05, 3.63) is 52.5 Å². The fourth-order valence-electron chi connectivity index (χ4n) is 2.09. The van der Waals surface area contributed by atoms with Gasteiger partial charge in [0, 0.05) is 29.3 Å². The van der Waals surface area contributed by atoms with Crippen LogP contribution in [0.5, 0.6) is 0 Å². The van der Waals surface area contributed by atoms with Crippen molar-refractivity contribution in [2.24, 2.45) is 0 Å². The number of nitrogens with zero attached hydrogens (tertiary/aromatic N) is 2. The number of aromatic nitrogens is 2. The third-order valence-electron chi connectivity index (χ3n) is 3.24. The first-order valence-electron chi connectivity index (χ1n) is 6.57. The SMILES string of the molecule is CC(C)n1cncc1CN[C@@H](C)c1cccc(Br)c1. The molecule has 0 unspecified atom stereocenters. The van der Waals surface area contributed by atoms with Gasteiger partial charge in [0.15, 0.2) is 0 Å². The summed E-state index contributed by atoms with van der Waals surface area (Å²) >= 11 is 3.51. The van der Waals surface area contributed by atoms with Gasteiger partial charge in [0.1, 0.15) is 0 Å². The second-order valence-corrected chi connectivity index (χ2v) is 5.96. The van der Waals surface area contributed by atoms with Gasteiger partial charge in [-0.25, -0.2) is 4.98 Å². The highest BCUT2D eigenvalue weighted by Gasteiger charge is 2.08. The van der Waals surface area contributed by atoms with Crippen LogP contribution < -0.4 is 5.32 Å². The van der Waals surface area contributed by atoms with E-state index in [9.17, 15) is 0 Å². The van der Waals surface area contributed by atoms with E-state index in [0.717, 1.165) is 11.0 Å². The van der Waals surface area contributed by atoms with Gasteiger partial charge in [-0.05, 0) is 38.5 Å². The normalized spacial score (nSPS) is 12.9. The number of imidazole rings is 1. The second-order valence-electron chi connectivity index (χ2n) is 5.04. The van der Waals surface area contributed by atoms with Crippen molar-refractivity contribution in [3.8, 4) is 0 Å². The summed E-state index contributed by atoms with van der Waals surface area (Å²) < 4.78 is 3.31. The summed E-state index contributed by atoms with van der Waals surface area (Å²) in [6.45, 7) is 7.34. The maximum absolute atomic E-state index is 4.22. The molecule has 19 heavy (non-hydrogen) atoms. The maximum atomic E-state index is 4.22. The molecule has 1 atom stereocenters. The van der Waals surface area contributed by atoms with E-state index in [1.807, 2.05) is 18.6 Å².